The van der Waals surface area contributed by atoms with Gasteiger partial charge in [0.1, 0.15) is 6.07 Å². The molecule has 18 heavy (non-hydrogen) atoms. The first kappa shape index (κ1) is 12.3. The van der Waals surface area contributed by atoms with Crippen LogP contribution in [-0.2, 0) is 0 Å². The second-order valence-corrected chi connectivity index (χ2v) is 4.48. The monoisotopic (exact) mass is 247 g/mol. The zero-order valence-electron chi connectivity index (χ0n) is 9.91. The van der Waals surface area contributed by atoms with E-state index in [4.69, 9.17) is 11.0 Å². The molecule has 0 spiro atoms. The average molecular weight is 247 g/mol. The zero-order chi connectivity index (χ0) is 13.3. The summed E-state index contributed by atoms with van der Waals surface area (Å²) in [5.41, 5.74) is 5.94. The number of aromatic nitrogens is 1. The highest BCUT2D eigenvalue weighted by Gasteiger charge is 2.31. The minimum atomic E-state index is -0.516. The zero-order valence-corrected chi connectivity index (χ0v) is 9.91. The van der Waals surface area contributed by atoms with Crippen LogP contribution in [0.4, 0.5) is 11.5 Å². The van der Waals surface area contributed by atoms with Crippen molar-refractivity contribution in [1.82, 2.24) is 4.98 Å². The van der Waals surface area contributed by atoms with Crippen molar-refractivity contribution in [1.29, 1.82) is 5.26 Å². The van der Waals surface area contributed by atoms with Gasteiger partial charge in [0.15, 0.2) is 0 Å². The summed E-state index contributed by atoms with van der Waals surface area (Å²) in [6.45, 7) is 3.18. The van der Waals surface area contributed by atoms with E-state index < -0.39 is 4.92 Å². The molecule has 2 rings (SSSR count). The first-order valence-corrected chi connectivity index (χ1v) is 5.58. The summed E-state index contributed by atoms with van der Waals surface area (Å²) in [5.74, 6) is 0.556. The summed E-state index contributed by atoms with van der Waals surface area (Å²) >= 11 is 0. The maximum atomic E-state index is 11.0. The van der Waals surface area contributed by atoms with Crippen molar-refractivity contribution in [2.24, 2.45) is 11.7 Å². The molecule has 7 nitrogen and oxygen atoms in total. The van der Waals surface area contributed by atoms with Crippen molar-refractivity contribution < 1.29 is 4.92 Å². The summed E-state index contributed by atoms with van der Waals surface area (Å²) in [6, 6.07) is 3.08. The molecule has 2 unspecified atom stereocenters. The maximum absolute atomic E-state index is 11.0. The van der Waals surface area contributed by atoms with Crippen molar-refractivity contribution in [2.75, 3.05) is 18.0 Å². The summed E-state index contributed by atoms with van der Waals surface area (Å²) in [5, 5.41) is 19.7. The quantitative estimate of drug-likeness (QED) is 0.606. The van der Waals surface area contributed by atoms with Gasteiger partial charge >= 0.3 is 5.69 Å². The lowest BCUT2D eigenvalue weighted by Crippen LogP contribution is -2.29. The smallest absolute Gasteiger partial charge is 0.312 e. The van der Waals surface area contributed by atoms with Gasteiger partial charge in [-0.1, -0.05) is 6.92 Å². The molecule has 0 aliphatic carbocycles. The summed E-state index contributed by atoms with van der Waals surface area (Å²) < 4.78 is 0. The van der Waals surface area contributed by atoms with Crippen LogP contribution in [0.1, 0.15) is 12.5 Å². The second kappa shape index (κ2) is 4.58. The van der Waals surface area contributed by atoms with E-state index >= 15 is 0 Å². The predicted molar refractivity (Wildman–Crippen MR) is 65.0 cm³/mol. The van der Waals surface area contributed by atoms with Crippen LogP contribution in [0.3, 0.4) is 0 Å². The van der Waals surface area contributed by atoms with E-state index in [-0.39, 0.29) is 23.2 Å². The van der Waals surface area contributed by atoms with E-state index in [0.717, 1.165) is 0 Å². The number of nitrogens with zero attached hydrogens (tertiary/aromatic N) is 4. The fourth-order valence-electron chi connectivity index (χ4n) is 2.05. The van der Waals surface area contributed by atoms with Crippen molar-refractivity contribution in [3.05, 3.63) is 27.9 Å². The molecule has 7 heteroatoms. The Balaban J connectivity index is 2.39. The van der Waals surface area contributed by atoms with Crippen LogP contribution >= 0.6 is 0 Å². The molecule has 1 fully saturated rings. The largest absolute Gasteiger partial charge is 0.349 e. The molecule has 2 heterocycles. The number of nitro groups is 1. The molecular formula is C11H13N5O2. The standard InChI is InChI=1S/C11H13N5O2/c1-7-5-15(6-9(7)13)11-10(16(17)18)2-8(3-12)4-14-11/h2,4,7,9H,5-6,13H2,1H3. The van der Waals surface area contributed by atoms with Gasteiger partial charge in [-0.2, -0.15) is 5.26 Å². The molecule has 0 aromatic carbocycles. The molecule has 1 aromatic heterocycles. The number of hydrogen-bond donors (Lipinski definition) is 1. The highest BCUT2D eigenvalue weighted by molar-refractivity contribution is 5.60. The Morgan fingerprint density at radius 3 is 2.89 bits per heavy atom. The lowest BCUT2D eigenvalue weighted by Gasteiger charge is -2.16. The summed E-state index contributed by atoms with van der Waals surface area (Å²) in [7, 11) is 0. The third-order valence-electron chi connectivity index (χ3n) is 3.14. The molecule has 2 atom stereocenters. The molecule has 94 valence electrons. The Bertz CT molecular complexity index is 515. The van der Waals surface area contributed by atoms with Crippen molar-refractivity contribution in [3.63, 3.8) is 0 Å². The van der Waals surface area contributed by atoms with Gasteiger partial charge in [-0.05, 0) is 5.92 Å². The Morgan fingerprint density at radius 1 is 1.67 bits per heavy atom. The van der Waals surface area contributed by atoms with Gasteiger partial charge in [-0.15, -0.1) is 0 Å². The Kier molecular flexibility index (Phi) is 3.12. The van der Waals surface area contributed by atoms with E-state index in [9.17, 15) is 10.1 Å². The molecule has 1 aliphatic heterocycles. The van der Waals surface area contributed by atoms with Gasteiger partial charge in [0.25, 0.3) is 0 Å². The highest BCUT2D eigenvalue weighted by atomic mass is 16.6. The van der Waals surface area contributed by atoms with E-state index in [2.05, 4.69) is 4.98 Å². The van der Waals surface area contributed by atoms with Crippen LogP contribution in [0.15, 0.2) is 12.3 Å². The molecule has 0 amide bonds. The molecule has 2 N–H and O–H groups in total. The topological polar surface area (TPSA) is 109 Å². The number of nitriles is 1. The lowest BCUT2D eigenvalue weighted by atomic mass is 10.1. The van der Waals surface area contributed by atoms with Gasteiger partial charge in [0.05, 0.1) is 10.5 Å². The fraction of sp³-hybridized carbons (Fsp3) is 0.455. The number of pyridine rings is 1. The number of anilines is 1. The third kappa shape index (κ3) is 2.10. The molecule has 0 saturated carbocycles. The number of hydrogen-bond acceptors (Lipinski definition) is 6. The molecule has 1 aromatic rings. The van der Waals surface area contributed by atoms with E-state index in [1.807, 2.05) is 13.0 Å². The number of nitrogens with two attached hydrogens (primary N) is 1. The van der Waals surface area contributed by atoms with Gasteiger partial charge in [0, 0.05) is 31.4 Å². The van der Waals surface area contributed by atoms with Crippen molar-refractivity contribution in [3.8, 4) is 6.07 Å². The first-order valence-electron chi connectivity index (χ1n) is 5.58. The fourth-order valence-corrected chi connectivity index (χ4v) is 2.05. The Hall–Kier alpha value is -2.20. The lowest BCUT2D eigenvalue weighted by molar-refractivity contribution is -0.384. The SMILES string of the molecule is CC1CN(c2ncc(C#N)cc2[N+](=O)[O-])CC1N. The summed E-state index contributed by atoms with van der Waals surface area (Å²) in [4.78, 5) is 16.3. The van der Waals surface area contributed by atoms with Crippen molar-refractivity contribution >= 4 is 11.5 Å². The predicted octanol–water partition coefficient (Wildman–Crippen LogP) is 0.645. The van der Waals surface area contributed by atoms with Gasteiger partial charge < -0.3 is 10.6 Å². The molecule has 0 bridgehead atoms. The molecule has 1 saturated heterocycles. The minimum Gasteiger partial charge on any atom is -0.349 e. The van der Waals surface area contributed by atoms with E-state index in [0.29, 0.717) is 18.9 Å². The Labute approximate surface area is 104 Å². The van der Waals surface area contributed by atoms with Gasteiger partial charge in [-0.25, -0.2) is 4.98 Å². The van der Waals surface area contributed by atoms with Crippen LogP contribution in [-0.4, -0.2) is 29.0 Å². The molecular weight excluding hydrogens is 234 g/mol. The molecule has 1 aliphatic rings. The van der Waals surface area contributed by atoms with E-state index in [1.165, 1.54) is 12.3 Å². The first-order chi connectivity index (χ1) is 8.52. The van der Waals surface area contributed by atoms with Gasteiger partial charge in [-0.3, -0.25) is 10.1 Å². The summed E-state index contributed by atoms with van der Waals surface area (Å²) in [6.07, 6.45) is 1.34. The van der Waals surface area contributed by atoms with Crippen LogP contribution in [0, 0.1) is 27.4 Å². The third-order valence-corrected chi connectivity index (χ3v) is 3.14. The van der Waals surface area contributed by atoms with Crippen LogP contribution in [0.2, 0.25) is 0 Å². The van der Waals surface area contributed by atoms with E-state index in [1.54, 1.807) is 4.90 Å². The highest BCUT2D eigenvalue weighted by Crippen LogP contribution is 2.30. The second-order valence-electron chi connectivity index (χ2n) is 4.48. The maximum Gasteiger partial charge on any atom is 0.312 e. The van der Waals surface area contributed by atoms with Gasteiger partial charge in [0.2, 0.25) is 5.82 Å². The van der Waals surface area contributed by atoms with Crippen LogP contribution < -0.4 is 10.6 Å². The normalized spacial score (nSPS) is 22.8. The number of rotatable bonds is 2. The van der Waals surface area contributed by atoms with Crippen LogP contribution in [0.5, 0.6) is 0 Å². The Morgan fingerprint density at radius 2 is 2.39 bits per heavy atom. The van der Waals surface area contributed by atoms with Crippen molar-refractivity contribution in [2.45, 2.75) is 13.0 Å². The molecule has 0 radical (unpaired) electrons. The van der Waals surface area contributed by atoms with Crippen LogP contribution in [0.25, 0.3) is 0 Å². The minimum absolute atomic E-state index is 0.0120. The average Bonchev–Trinajstić information content (AvgIpc) is 2.68.